The Morgan fingerprint density at radius 2 is 1.83 bits per heavy atom. The van der Waals surface area contributed by atoms with E-state index in [-0.39, 0.29) is 16.7 Å². The van der Waals surface area contributed by atoms with Gasteiger partial charge in [-0.25, -0.2) is 18.4 Å². The van der Waals surface area contributed by atoms with Crippen molar-refractivity contribution in [1.82, 2.24) is 9.97 Å². The van der Waals surface area contributed by atoms with Crippen LogP contribution in [-0.4, -0.2) is 30.4 Å². The van der Waals surface area contributed by atoms with Crippen molar-refractivity contribution in [3.8, 4) is 0 Å². The van der Waals surface area contributed by atoms with Crippen LogP contribution in [0.15, 0.2) is 35.4 Å². The number of sulfone groups is 1. The van der Waals surface area contributed by atoms with Gasteiger partial charge in [0.2, 0.25) is 5.95 Å². The molecule has 0 bridgehead atoms. The normalized spacial score (nSPS) is 12.7. The number of aromatic nitrogens is 2. The third-order valence-corrected chi connectivity index (χ3v) is 4.64. The molecule has 1 aromatic carbocycles. The summed E-state index contributed by atoms with van der Waals surface area (Å²) >= 11 is 0. The number of hydrogen-bond donors (Lipinski definition) is 1. The van der Waals surface area contributed by atoms with Crippen molar-refractivity contribution in [2.24, 2.45) is 0 Å². The summed E-state index contributed by atoms with van der Waals surface area (Å²) in [5.74, 6) is 0.352. The summed E-state index contributed by atoms with van der Waals surface area (Å²) in [5, 5.41) is 3.14. The van der Waals surface area contributed by atoms with E-state index >= 15 is 0 Å². The molecule has 1 unspecified atom stereocenters. The second-order valence-corrected chi connectivity index (χ2v) is 7.47. The van der Waals surface area contributed by atoms with Gasteiger partial charge in [-0.05, 0) is 38.5 Å². The second kappa shape index (κ2) is 6.45. The van der Waals surface area contributed by atoms with E-state index in [0.717, 1.165) is 5.56 Å². The third-order valence-electron chi connectivity index (χ3n) is 3.51. The fraction of sp³-hybridized carbons (Fsp3) is 0.312. The molecule has 1 N–H and O–H groups in total. The summed E-state index contributed by atoms with van der Waals surface area (Å²) in [6.45, 7) is 5.16. The smallest absolute Gasteiger partial charge is 0.223 e. The zero-order valence-electron chi connectivity index (χ0n) is 13.5. The Kier molecular flexibility index (Phi) is 4.79. The maximum atomic E-state index is 11.5. The number of anilines is 1. The number of ketones is 1. The van der Waals surface area contributed by atoms with E-state index in [4.69, 9.17) is 0 Å². The number of carbonyl (C=O) groups is 1. The minimum absolute atomic E-state index is 0.0709. The van der Waals surface area contributed by atoms with Crippen LogP contribution in [0.4, 0.5) is 5.95 Å². The average Bonchev–Trinajstić information content (AvgIpc) is 2.46. The molecule has 6 nitrogen and oxygen atoms in total. The van der Waals surface area contributed by atoms with Crippen molar-refractivity contribution in [3.05, 3.63) is 47.3 Å². The molecule has 0 aliphatic carbocycles. The molecule has 0 aliphatic rings. The van der Waals surface area contributed by atoms with Gasteiger partial charge in [-0.2, -0.15) is 0 Å². The molecule has 0 fully saturated rings. The topological polar surface area (TPSA) is 89.0 Å². The summed E-state index contributed by atoms with van der Waals surface area (Å²) in [6, 6.07) is 6.56. The van der Waals surface area contributed by atoms with Crippen LogP contribution in [0.3, 0.4) is 0 Å². The van der Waals surface area contributed by atoms with Crippen LogP contribution in [0.1, 0.15) is 41.5 Å². The highest BCUT2D eigenvalue weighted by Crippen LogP contribution is 2.19. The predicted octanol–water partition coefficient (Wildman–Crippen LogP) is 2.56. The molecular formula is C16H19N3O3S. The molecule has 0 saturated heterocycles. The van der Waals surface area contributed by atoms with Gasteiger partial charge in [-0.15, -0.1) is 0 Å². The van der Waals surface area contributed by atoms with E-state index < -0.39 is 9.84 Å². The Morgan fingerprint density at radius 1 is 1.22 bits per heavy atom. The number of nitrogens with zero attached hydrogens (tertiary/aromatic N) is 2. The molecule has 7 heteroatoms. The highest BCUT2D eigenvalue weighted by Gasteiger charge is 2.12. The lowest BCUT2D eigenvalue weighted by Gasteiger charge is -2.15. The van der Waals surface area contributed by atoms with E-state index in [1.807, 2.05) is 6.92 Å². The van der Waals surface area contributed by atoms with Crippen LogP contribution in [0.25, 0.3) is 0 Å². The van der Waals surface area contributed by atoms with Gasteiger partial charge in [0.05, 0.1) is 22.2 Å². The summed E-state index contributed by atoms with van der Waals surface area (Å²) in [6.07, 6.45) is 2.68. The predicted molar refractivity (Wildman–Crippen MR) is 88.4 cm³/mol. The molecule has 1 heterocycles. The van der Waals surface area contributed by atoms with E-state index in [1.165, 1.54) is 19.4 Å². The number of aryl methyl sites for hydroxylation is 1. The highest BCUT2D eigenvalue weighted by molar-refractivity contribution is 7.90. The highest BCUT2D eigenvalue weighted by atomic mass is 32.2. The number of Topliss-reactive ketones (excluding diaryl/α,β-unsaturated/α-hetero) is 1. The minimum atomic E-state index is -3.20. The third kappa shape index (κ3) is 4.13. The number of nitrogens with one attached hydrogen (secondary N) is 1. The van der Waals surface area contributed by atoms with Gasteiger partial charge >= 0.3 is 0 Å². The van der Waals surface area contributed by atoms with E-state index in [1.54, 1.807) is 31.2 Å². The van der Waals surface area contributed by atoms with Gasteiger partial charge in [0, 0.05) is 12.5 Å². The summed E-state index contributed by atoms with van der Waals surface area (Å²) in [7, 11) is -3.20. The van der Waals surface area contributed by atoms with E-state index in [9.17, 15) is 13.2 Å². The summed E-state index contributed by atoms with van der Waals surface area (Å²) in [4.78, 5) is 20.1. The molecule has 1 aromatic heterocycles. The quantitative estimate of drug-likeness (QED) is 0.846. The minimum Gasteiger partial charge on any atom is -0.348 e. The summed E-state index contributed by atoms with van der Waals surface area (Å²) in [5.41, 5.74) is 2.03. The van der Waals surface area contributed by atoms with Crippen LogP contribution in [0.2, 0.25) is 0 Å². The first-order valence-corrected chi connectivity index (χ1v) is 8.99. The van der Waals surface area contributed by atoms with E-state index in [0.29, 0.717) is 17.2 Å². The zero-order chi connectivity index (χ0) is 17.2. The maximum Gasteiger partial charge on any atom is 0.223 e. The van der Waals surface area contributed by atoms with Crippen molar-refractivity contribution in [2.45, 2.75) is 31.7 Å². The first-order valence-electron chi connectivity index (χ1n) is 7.09. The van der Waals surface area contributed by atoms with Crippen LogP contribution in [0, 0.1) is 6.92 Å². The number of carbonyl (C=O) groups excluding carboxylic acids is 1. The molecule has 2 rings (SSSR count). The zero-order valence-corrected chi connectivity index (χ0v) is 14.3. The maximum absolute atomic E-state index is 11.5. The van der Waals surface area contributed by atoms with Gasteiger partial charge in [-0.3, -0.25) is 4.79 Å². The first kappa shape index (κ1) is 17.1. The molecule has 0 saturated carbocycles. The number of rotatable bonds is 5. The van der Waals surface area contributed by atoms with Gasteiger partial charge < -0.3 is 5.32 Å². The molecule has 0 amide bonds. The lowest BCUT2D eigenvalue weighted by molar-refractivity contribution is 0.101. The van der Waals surface area contributed by atoms with Crippen molar-refractivity contribution < 1.29 is 13.2 Å². The van der Waals surface area contributed by atoms with E-state index in [2.05, 4.69) is 15.3 Å². The molecule has 23 heavy (non-hydrogen) atoms. The van der Waals surface area contributed by atoms with Gasteiger partial charge in [0.1, 0.15) is 0 Å². The fourth-order valence-electron chi connectivity index (χ4n) is 2.16. The van der Waals surface area contributed by atoms with Gasteiger partial charge in [0.15, 0.2) is 15.6 Å². The standard InChI is InChI=1S/C16H19N3O3S/c1-10(13-5-7-14(8-6-13)23(4,21)22)18-16-17-9-15(12(3)20)11(2)19-16/h5-10H,1-4H3,(H,17,18,19). The average molecular weight is 333 g/mol. The van der Waals surface area contributed by atoms with Gasteiger partial charge in [-0.1, -0.05) is 12.1 Å². The van der Waals surface area contributed by atoms with Crippen molar-refractivity contribution >= 4 is 21.6 Å². The Labute approximate surface area is 135 Å². The first-order chi connectivity index (χ1) is 10.7. The molecule has 122 valence electrons. The van der Waals surface area contributed by atoms with Gasteiger partial charge in [0.25, 0.3) is 0 Å². The van der Waals surface area contributed by atoms with Crippen molar-refractivity contribution in [1.29, 1.82) is 0 Å². The van der Waals surface area contributed by atoms with Crippen molar-refractivity contribution in [2.75, 3.05) is 11.6 Å². The van der Waals surface area contributed by atoms with Crippen LogP contribution >= 0.6 is 0 Å². The lowest BCUT2D eigenvalue weighted by Crippen LogP contribution is -2.11. The largest absolute Gasteiger partial charge is 0.348 e. The Balaban J connectivity index is 2.17. The molecule has 1 atom stereocenters. The van der Waals surface area contributed by atoms with Crippen LogP contribution in [-0.2, 0) is 9.84 Å². The summed E-state index contributed by atoms with van der Waals surface area (Å²) < 4.78 is 22.9. The Bertz CT molecular complexity index is 830. The second-order valence-electron chi connectivity index (χ2n) is 5.46. The SMILES string of the molecule is CC(=O)c1cnc(NC(C)c2ccc(S(C)(=O)=O)cc2)nc1C. The number of benzene rings is 1. The molecule has 0 radical (unpaired) electrons. The van der Waals surface area contributed by atoms with Crippen LogP contribution in [0.5, 0.6) is 0 Å². The fourth-order valence-corrected chi connectivity index (χ4v) is 2.79. The Morgan fingerprint density at radius 3 is 2.30 bits per heavy atom. The molecule has 0 spiro atoms. The molecule has 2 aromatic rings. The number of hydrogen-bond acceptors (Lipinski definition) is 6. The monoisotopic (exact) mass is 333 g/mol. The van der Waals surface area contributed by atoms with Crippen LogP contribution < -0.4 is 5.32 Å². The lowest BCUT2D eigenvalue weighted by atomic mass is 10.1. The Hall–Kier alpha value is -2.28. The molecular weight excluding hydrogens is 314 g/mol. The molecule has 0 aliphatic heterocycles. The van der Waals surface area contributed by atoms with Crippen molar-refractivity contribution in [3.63, 3.8) is 0 Å².